The Kier molecular flexibility index (Phi) is 12.1. The van der Waals surface area contributed by atoms with Gasteiger partial charge in [0.15, 0.2) is 23.9 Å². The summed E-state index contributed by atoms with van der Waals surface area (Å²) in [4.78, 5) is 81.7. The summed E-state index contributed by atoms with van der Waals surface area (Å²) in [5.41, 5.74) is 9.33. The second-order valence-electron chi connectivity index (χ2n) is 17.3. The molecule has 7 aliphatic heterocycles. The van der Waals surface area contributed by atoms with Gasteiger partial charge < -0.3 is 45.3 Å². The molecule has 0 spiro atoms. The lowest BCUT2D eigenvalue weighted by atomic mass is 9.87. The van der Waals surface area contributed by atoms with Crippen molar-refractivity contribution in [1.82, 2.24) is 30.0 Å². The monoisotopic (exact) mass is 864 g/mol. The second-order valence-corrected chi connectivity index (χ2v) is 17.3. The molecule has 0 aliphatic carbocycles. The largest absolute Gasteiger partial charge is 0.495 e. The fourth-order valence-corrected chi connectivity index (χ4v) is 10.2. The molecule has 334 valence electrons. The minimum absolute atomic E-state index is 0.0730. The van der Waals surface area contributed by atoms with Crippen LogP contribution in [0.2, 0.25) is 0 Å². The van der Waals surface area contributed by atoms with Gasteiger partial charge >= 0.3 is 0 Å². The maximum Gasteiger partial charge on any atom is 0.271 e. The highest BCUT2D eigenvalue weighted by Crippen LogP contribution is 2.38. The number of carbonyl (C=O) groups is 5. The van der Waals surface area contributed by atoms with Crippen LogP contribution in [0.25, 0.3) is 0 Å². The number of nitrogens with two attached hydrogens (primary N) is 1. The number of nitrogens with zero attached hydrogens (tertiary/aromatic N) is 6. The zero-order chi connectivity index (χ0) is 43.8. The molecule has 18 heteroatoms. The predicted octanol–water partition coefficient (Wildman–Crippen LogP) is 2.97. The summed E-state index contributed by atoms with van der Waals surface area (Å²) in [6, 6.07) is 11.3. The Hall–Kier alpha value is -6.01. The number of anilines is 4. The molecule has 18 nitrogen and oxygen atoms in total. The maximum absolute atomic E-state index is 13.7. The number of benzene rings is 2. The standard InChI is InChI=1S/C45H56N10O8/c1-3-33-42(47-26-15-19-62-20-16-26)51-43(40(49-33)41(46)58)48-27-7-10-34(37(21-27)61-2)52-17-13-28(14-18-52)53-22-30-9-8-29(53)23-54(30)39(57)25-63-36-6-4-5-31-32(36)24-55(45(31)60)35-11-12-38(56)50-44(35)59/h4-7,10,21,26,28-30,35H,3,8-9,11-20,22-25H2,1-2H3,(H2,46,58)(H2,47,48,51)(H,50,56,59). The van der Waals surface area contributed by atoms with Crippen LogP contribution in [0.15, 0.2) is 36.4 Å². The highest BCUT2D eigenvalue weighted by molar-refractivity contribution is 6.05. The van der Waals surface area contributed by atoms with Gasteiger partial charge in [-0.25, -0.2) is 9.97 Å². The lowest BCUT2D eigenvalue weighted by molar-refractivity contribution is -0.145. The molecule has 6 saturated heterocycles. The van der Waals surface area contributed by atoms with Crippen molar-refractivity contribution in [2.24, 2.45) is 5.73 Å². The first-order valence-electron chi connectivity index (χ1n) is 22.3. The number of amides is 5. The van der Waals surface area contributed by atoms with Gasteiger partial charge in [0.05, 0.1) is 25.0 Å². The molecule has 5 amide bonds. The molecular formula is C45H56N10O8. The third-order valence-electron chi connectivity index (χ3n) is 13.6. The molecule has 10 rings (SSSR count). The Morgan fingerprint density at radius 1 is 0.921 bits per heavy atom. The van der Waals surface area contributed by atoms with Crippen LogP contribution in [-0.4, -0.2) is 138 Å². The summed E-state index contributed by atoms with van der Waals surface area (Å²) in [7, 11) is 1.66. The molecule has 3 aromatic rings. The van der Waals surface area contributed by atoms with Crippen LogP contribution in [-0.2, 0) is 32.1 Å². The molecule has 5 N–H and O–H groups in total. The van der Waals surface area contributed by atoms with Gasteiger partial charge in [-0.1, -0.05) is 13.0 Å². The van der Waals surface area contributed by atoms with Gasteiger partial charge in [0.2, 0.25) is 11.8 Å². The molecule has 6 fully saturated rings. The third-order valence-corrected chi connectivity index (χ3v) is 13.6. The molecular weight excluding hydrogens is 809 g/mol. The van der Waals surface area contributed by atoms with Crippen molar-refractivity contribution < 1.29 is 38.2 Å². The predicted molar refractivity (Wildman–Crippen MR) is 232 cm³/mol. The van der Waals surface area contributed by atoms with Crippen molar-refractivity contribution in [2.75, 3.05) is 68.6 Å². The topological polar surface area (TPSA) is 214 Å². The van der Waals surface area contributed by atoms with E-state index in [2.05, 4.69) is 30.7 Å². The number of piperazine rings is 1. The summed E-state index contributed by atoms with van der Waals surface area (Å²) >= 11 is 0. The van der Waals surface area contributed by atoms with Crippen LogP contribution in [0.3, 0.4) is 0 Å². The van der Waals surface area contributed by atoms with E-state index in [0.717, 1.165) is 63.8 Å². The lowest BCUT2D eigenvalue weighted by Gasteiger charge is -2.55. The molecule has 3 unspecified atom stereocenters. The van der Waals surface area contributed by atoms with Crippen molar-refractivity contribution in [2.45, 2.75) is 101 Å². The number of carbonyl (C=O) groups excluding carboxylic acids is 5. The van der Waals surface area contributed by atoms with Crippen LogP contribution in [0.1, 0.15) is 90.4 Å². The zero-order valence-corrected chi connectivity index (χ0v) is 35.9. The van der Waals surface area contributed by atoms with Crippen LogP contribution in [0.4, 0.5) is 23.0 Å². The quantitative estimate of drug-likeness (QED) is 0.182. The number of hydrogen-bond acceptors (Lipinski definition) is 14. The average Bonchev–Trinajstić information content (AvgIpc) is 3.64. The number of hydrogen-bond donors (Lipinski definition) is 4. The summed E-state index contributed by atoms with van der Waals surface area (Å²) < 4.78 is 17.5. The van der Waals surface area contributed by atoms with Gasteiger partial charge in [-0.2, -0.15) is 0 Å². The molecule has 2 aromatic carbocycles. The van der Waals surface area contributed by atoms with Gasteiger partial charge in [0.25, 0.3) is 17.7 Å². The maximum atomic E-state index is 13.7. The second kappa shape index (κ2) is 18.0. The SMILES string of the molecule is CCc1nc(C(N)=O)c(Nc2ccc(N3CCC(N4CC5CCC4CN5C(=O)COc4cccc5c4CN(C4CCC(=O)NC4=O)C5=O)CC3)c(OC)c2)nc1NC1CCOCC1. The minimum Gasteiger partial charge on any atom is -0.495 e. The zero-order valence-electron chi connectivity index (χ0n) is 35.9. The van der Waals surface area contributed by atoms with Crippen molar-refractivity contribution >= 4 is 52.5 Å². The molecule has 7 aliphatic rings. The highest BCUT2D eigenvalue weighted by atomic mass is 16.5. The smallest absolute Gasteiger partial charge is 0.271 e. The van der Waals surface area contributed by atoms with E-state index in [9.17, 15) is 24.0 Å². The van der Waals surface area contributed by atoms with Crippen LogP contribution < -0.4 is 36.1 Å². The number of primary amides is 1. The Labute approximate surface area is 366 Å². The minimum atomic E-state index is -0.723. The van der Waals surface area contributed by atoms with E-state index >= 15 is 0 Å². The highest BCUT2D eigenvalue weighted by Gasteiger charge is 2.45. The number of rotatable bonds is 13. The number of nitrogens with one attached hydrogen (secondary N) is 3. The summed E-state index contributed by atoms with van der Waals surface area (Å²) in [6.45, 7) is 6.55. The van der Waals surface area contributed by atoms with Crippen molar-refractivity contribution in [1.29, 1.82) is 0 Å². The first kappa shape index (κ1) is 42.3. The Morgan fingerprint density at radius 3 is 2.43 bits per heavy atom. The summed E-state index contributed by atoms with van der Waals surface area (Å²) in [5.74, 6) is 0.262. The van der Waals surface area contributed by atoms with E-state index in [1.165, 1.54) is 4.90 Å². The molecule has 63 heavy (non-hydrogen) atoms. The van der Waals surface area contributed by atoms with E-state index in [1.54, 1.807) is 25.3 Å². The van der Waals surface area contributed by atoms with Crippen LogP contribution in [0, 0.1) is 0 Å². The molecule has 8 heterocycles. The van der Waals surface area contributed by atoms with Crippen molar-refractivity contribution in [3.63, 3.8) is 0 Å². The number of fused-ring (bicyclic) bond motifs is 4. The number of aromatic nitrogens is 2. The number of imide groups is 1. The molecule has 2 bridgehead atoms. The number of ether oxygens (including phenoxy) is 3. The number of piperidine rings is 4. The van der Waals surface area contributed by atoms with Crippen molar-refractivity contribution in [3.8, 4) is 11.5 Å². The van der Waals surface area contributed by atoms with Gasteiger partial charge in [-0.05, 0) is 75.6 Å². The van der Waals surface area contributed by atoms with Gasteiger partial charge in [-0.15, -0.1) is 0 Å². The van der Waals surface area contributed by atoms with Gasteiger partial charge in [-0.3, -0.25) is 34.2 Å². The van der Waals surface area contributed by atoms with E-state index < -0.39 is 17.9 Å². The van der Waals surface area contributed by atoms with E-state index in [1.807, 2.05) is 30.0 Å². The third kappa shape index (κ3) is 8.57. The van der Waals surface area contributed by atoms with Crippen LogP contribution >= 0.6 is 0 Å². The summed E-state index contributed by atoms with van der Waals surface area (Å²) in [5, 5.41) is 9.14. The van der Waals surface area contributed by atoms with Gasteiger partial charge in [0.1, 0.15) is 17.5 Å². The first-order chi connectivity index (χ1) is 30.6. The molecule has 3 atom stereocenters. The normalized spacial score (nSPS) is 23.1. The number of aryl methyl sites for hydroxylation is 1. The summed E-state index contributed by atoms with van der Waals surface area (Å²) in [6.07, 6.45) is 6.70. The molecule has 1 aromatic heterocycles. The molecule has 0 saturated carbocycles. The number of methoxy groups -OCH3 is 1. The lowest BCUT2D eigenvalue weighted by Crippen LogP contribution is -2.67. The van der Waals surface area contributed by atoms with E-state index in [4.69, 9.17) is 24.9 Å². The Balaban J connectivity index is 0.795. The van der Waals surface area contributed by atoms with Crippen molar-refractivity contribution in [3.05, 3.63) is 58.9 Å². The van der Waals surface area contributed by atoms with E-state index in [0.29, 0.717) is 72.0 Å². The fraction of sp³-hybridized carbons (Fsp3) is 0.533. The average molecular weight is 865 g/mol. The molecule has 0 radical (unpaired) electrons. The fourth-order valence-electron chi connectivity index (χ4n) is 10.2. The van der Waals surface area contributed by atoms with E-state index in [-0.39, 0.29) is 73.4 Å². The Bertz CT molecular complexity index is 2280. The van der Waals surface area contributed by atoms with Crippen LogP contribution in [0.5, 0.6) is 11.5 Å². The first-order valence-corrected chi connectivity index (χ1v) is 22.3. The van der Waals surface area contributed by atoms with Gasteiger partial charge in [0, 0.05) is 92.9 Å². The Morgan fingerprint density at radius 2 is 1.71 bits per heavy atom.